The molecule has 0 radical (unpaired) electrons. The fourth-order valence-electron chi connectivity index (χ4n) is 19.8. The zero-order valence-electron chi connectivity index (χ0n) is 67.7. The number of hydrogen-bond acceptors (Lipinski definition) is 26. The van der Waals surface area contributed by atoms with Crippen LogP contribution in [0.3, 0.4) is 0 Å². The zero-order chi connectivity index (χ0) is 87.2. The average Bonchev–Trinajstić information content (AvgIpc) is 0.884. The Balaban J connectivity index is 0.665. The molecular formula is C83H100N10O25S3. The van der Waals surface area contributed by atoms with Crippen molar-refractivity contribution in [3.8, 4) is 11.1 Å². The van der Waals surface area contributed by atoms with Gasteiger partial charge in [0.1, 0.15) is 36.8 Å². The maximum absolute atomic E-state index is 14.5. The summed E-state index contributed by atoms with van der Waals surface area (Å²) >= 11 is 1.38. The van der Waals surface area contributed by atoms with Gasteiger partial charge in [0.2, 0.25) is 11.8 Å². The number of rotatable bonds is 36. The Kier molecular flexibility index (Phi) is 26.1. The highest BCUT2D eigenvalue weighted by atomic mass is 32.2. The average molecular weight is 1730 g/mol. The number of thiazole rings is 1. The van der Waals surface area contributed by atoms with E-state index in [0.717, 1.165) is 73.2 Å². The molecule has 6 amide bonds. The van der Waals surface area contributed by atoms with Gasteiger partial charge in [0.05, 0.1) is 78.1 Å². The molecule has 35 nitrogen and oxygen atoms in total. The van der Waals surface area contributed by atoms with Crippen molar-refractivity contribution < 1.29 is 118 Å². The summed E-state index contributed by atoms with van der Waals surface area (Å²) in [6, 6.07) is 17.9. The first-order valence-electron chi connectivity index (χ1n) is 40.2. The Morgan fingerprint density at radius 3 is 2.20 bits per heavy atom. The van der Waals surface area contributed by atoms with Gasteiger partial charge in [-0.3, -0.25) is 57.6 Å². The summed E-state index contributed by atoms with van der Waals surface area (Å²) in [5.41, 5.74) is 4.05. The summed E-state index contributed by atoms with van der Waals surface area (Å²) in [4.78, 5) is 149. The van der Waals surface area contributed by atoms with Gasteiger partial charge in [-0.25, -0.2) is 24.4 Å². The van der Waals surface area contributed by atoms with Crippen LogP contribution < -0.4 is 15.5 Å². The van der Waals surface area contributed by atoms with Crippen LogP contribution in [0.2, 0.25) is 0 Å². The lowest BCUT2D eigenvalue weighted by atomic mass is 9.39. The minimum Gasteiger partial charge on any atom is -0.479 e. The number of aromatic carboxylic acids is 1. The minimum absolute atomic E-state index is 0.0940. The number of hydrogen-bond donors (Lipinski definition) is 9. The van der Waals surface area contributed by atoms with Gasteiger partial charge >= 0.3 is 18.0 Å². The number of para-hydroxylation sites is 1. The third kappa shape index (κ3) is 20.3. The van der Waals surface area contributed by atoms with Crippen LogP contribution >= 0.6 is 11.3 Å². The molecule has 4 aliphatic heterocycles. The fourth-order valence-corrected chi connectivity index (χ4v) is 21.5. The quantitative estimate of drug-likeness (QED) is 0.0132. The number of carbonyl (C=O) groups is 10. The van der Waals surface area contributed by atoms with E-state index in [9.17, 15) is 99.4 Å². The number of pyridine rings is 1. The minimum atomic E-state index is -4.66. The van der Waals surface area contributed by atoms with E-state index < -0.39 is 184 Å². The molecule has 4 aliphatic carbocycles. The molecule has 8 aliphatic rings. The number of carboxylic acids is 2. The molecule has 2 saturated heterocycles. The molecule has 7 heterocycles. The second kappa shape index (κ2) is 35.5. The molecule has 11 atom stereocenters. The lowest BCUT2D eigenvalue weighted by Gasteiger charge is -2.69. The highest BCUT2D eigenvalue weighted by Crippen LogP contribution is 2.72. The number of aromatic nitrogens is 4. The van der Waals surface area contributed by atoms with E-state index >= 15 is 0 Å². The Morgan fingerprint density at radius 2 is 1.51 bits per heavy atom. The van der Waals surface area contributed by atoms with E-state index in [1.807, 2.05) is 52.9 Å². The van der Waals surface area contributed by atoms with Crippen LogP contribution in [0.25, 0.3) is 21.3 Å². The van der Waals surface area contributed by atoms with Gasteiger partial charge < -0.3 is 64.5 Å². The molecule has 650 valence electrons. The first kappa shape index (κ1) is 88.9. The van der Waals surface area contributed by atoms with Crippen LogP contribution in [0.1, 0.15) is 147 Å². The van der Waals surface area contributed by atoms with E-state index in [-0.39, 0.29) is 73.3 Å². The highest BCUT2D eigenvalue weighted by molar-refractivity contribution is 7.86. The van der Waals surface area contributed by atoms with Crippen molar-refractivity contribution in [3.63, 3.8) is 0 Å². The number of carbonyl (C=O) groups excluding carboxylic acids is 8. The second-order valence-electron chi connectivity index (χ2n) is 34.4. The van der Waals surface area contributed by atoms with Gasteiger partial charge in [0.25, 0.3) is 38.0 Å². The van der Waals surface area contributed by atoms with Gasteiger partial charge in [0, 0.05) is 92.4 Å². The molecule has 14 rings (SSSR count). The molecule has 3 unspecified atom stereocenters. The highest BCUT2D eigenvalue weighted by Gasteiger charge is 2.66. The summed E-state index contributed by atoms with van der Waals surface area (Å²) in [6.45, 7) is 9.63. The van der Waals surface area contributed by atoms with Crippen LogP contribution in [0.4, 0.5) is 15.7 Å². The fraction of sp³-hybridized carbons (Fsp3) is 0.530. The molecule has 3 aromatic heterocycles. The number of aliphatic carboxylic acids is 1. The number of nitrogens with zero attached hydrogens (tertiary/aromatic N) is 8. The number of ketones is 2. The largest absolute Gasteiger partial charge is 0.479 e. The van der Waals surface area contributed by atoms with Crippen molar-refractivity contribution in [1.29, 1.82) is 0 Å². The second-order valence-corrected chi connectivity index (χ2v) is 38.6. The lowest BCUT2D eigenvalue weighted by Crippen LogP contribution is -2.64. The maximum atomic E-state index is 14.5. The van der Waals surface area contributed by atoms with Crippen molar-refractivity contribution in [1.82, 2.24) is 39.8 Å². The van der Waals surface area contributed by atoms with Gasteiger partial charge in [-0.05, 0) is 152 Å². The van der Waals surface area contributed by atoms with Crippen LogP contribution in [0, 0.1) is 35.0 Å². The molecular weight excluding hydrogens is 1630 g/mol. The van der Waals surface area contributed by atoms with Gasteiger partial charge in [0.15, 0.2) is 28.5 Å². The topological polar surface area (TPSA) is 498 Å². The number of likely N-dealkylation sites (tertiary alicyclic amines) is 1. The van der Waals surface area contributed by atoms with Crippen LogP contribution in [0.5, 0.6) is 0 Å². The summed E-state index contributed by atoms with van der Waals surface area (Å²) in [5.74, 6) is -10.1. The van der Waals surface area contributed by atoms with Gasteiger partial charge in [-0.2, -0.15) is 21.9 Å². The molecule has 6 aromatic rings. The third-order valence-corrected chi connectivity index (χ3v) is 26.8. The molecule has 9 N–H and O–H groups in total. The summed E-state index contributed by atoms with van der Waals surface area (Å²) < 4.78 is 93.6. The normalized spacial score (nSPS) is 25.6. The molecule has 121 heavy (non-hydrogen) atoms. The first-order valence-corrected chi connectivity index (χ1v) is 44.2. The number of imide groups is 1. The third-order valence-electron chi connectivity index (χ3n) is 24.5. The first-order chi connectivity index (χ1) is 57.1. The molecule has 38 heteroatoms. The number of benzene rings is 3. The Hall–Kier alpha value is -9.87. The number of anilines is 2. The Labute approximate surface area is 701 Å². The number of amides is 6. The standard InChI is InChI=1S/C83H100N10O25S3/c1-46(2)57(33-54(94)35-91-53(38-115-27-29-121(112,113)114)32-61(75(91)103)93-66(96)20-21-67(93)97)74(102)85-47(3)62(95)31-49-14-15-52(51(30-49)16-18-63-69(98)70(99)71(100)72(118-63)77(106)107)37-116-79(108)89(25-28-120(109,110)111)24-26-117-83-42-80(5)39-81(6,43-83)41-82(40-80,44-83)45-92-48(4)58(34-84-92)55-17-19-65(87-68(55)76(104)105)90-23-22-50-10-9-11-56(59(50)36-90)73(101)88-78-86-60-12-7-8-13-64(60)119-78/h7-15,17,19-21,30,34,46-47,53,57,61,63,69-72,98-100H,16,18,22-29,31-33,35-45H2,1-6H3,(H,85,102)(H,104,105)(H,106,107)(H,86,88,101)(H,109,110,111)(H,112,113,114)/t47-,53-,57-,61?,63-,69-,70+,71-,72-,80?,81?,82?,83?/m0/s1. The molecule has 4 saturated carbocycles. The van der Waals surface area contributed by atoms with Crippen LogP contribution in [-0.2, 0) is 112 Å². The Morgan fingerprint density at radius 1 is 0.793 bits per heavy atom. The number of aryl methyl sites for hydroxylation is 1. The van der Waals surface area contributed by atoms with E-state index in [1.165, 1.54) is 30.4 Å². The van der Waals surface area contributed by atoms with E-state index in [1.54, 1.807) is 44.3 Å². The number of ether oxygens (including phenoxy) is 4. The van der Waals surface area contributed by atoms with Crippen molar-refractivity contribution in [2.24, 2.45) is 28.1 Å². The summed E-state index contributed by atoms with van der Waals surface area (Å²) in [6.07, 6.45) is -2.60. The Bertz CT molecular complexity index is 5270. The maximum Gasteiger partial charge on any atom is 0.410 e. The zero-order valence-corrected chi connectivity index (χ0v) is 70.1. The van der Waals surface area contributed by atoms with Crippen molar-refractivity contribution >= 4 is 112 Å². The number of nitrogens with one attached hydrogen (secondary N) is 2. The smallest absolute Gasteiger partial charge is 0.410 e. The summed E-state index contributed by atoms with van der Waals surface area (Å²) in [7, 11) is -9.09. The van der Waals surface area contributed by atoms with Crippen molar-refractivity contribution in [2.45, 2.75) is 193 Å². The molecule has 3 aromatic carbocycles. The predicted molar refractivity (Wildman–Crippen MR) is 435 cm³/mol. The van der Waals surface area contributed by atoms with Gasteiger partial charge in [-0.15, -0.1) is 0 Å². The van der Waals surface area contributed by atoms with Crippen molar-refractivity contribution in [3.05, 3.63) is 136 Å². The number of Topliss-reactive ketones (excluding diaryl/α,β-unsaturated/α-hetero) is 2. The van der Waals surface area contributed by atoms with Crippen molar-refractivity contribution in [2.75, 3.05) is 67.7 Å². The molecule has 0 spiro atoms. The van der Waals surface area contributed by atoms with Gasteiger partial charge in [-0.1, -0.05) is 81.5 Å². The van der Waals surface area contributed by atoms with E-state index in [4.69, 9.17) is 29.0 Å². The van der Waals surface area contributed by atoms with Crippen LogP contribution in [-0.4, -0.2) is 257 Å². The molecule has 4 bridgehead atoms. The number of fused-ring (bicyclic) bond motifs is 2. The lowest BCUT2D eigenvalue weighted by molar-refractivity contribution is -0.248. The molecule has 6 fully saturated rings. The predicted octanol–water partition coefficient (Wildman–Crippen LogP) is 5.55. The number of aliphatic hydroxyl groups excluding tert-OH is 3. The van der Waals surface area contributed by atoms with E-state index in [2.05, 4.69) is 29.5 Å². The number of carboxylic acid groups (broad SMARTS) is 2. The summed E-state index contributed by atoms with van der Waals surface area (Å²) in [5, 5.41) is 64.0. The monoisotopic (exact) mass is 1730 g/mol. The van der Waals surface area contributed by atoms with Crippen LogP contribution in [0.15, 0.2) is 91.1 Å². The van der Waals surface area contributed by atoms with E-state index in [0.29, 0.717) is 89.6 Å². The SMILES string of the molecule is Cc1c(-c2ccc(N3CCc4cccc(C(=O)Nc5nc6ccccc6s5)c4C3)nc2C(=O)O)cnn1CC12CC3(C)CC(C)(C1)CC(OCCN(CCS(=O)(=O)O)C(=O)OCc1ccc(CC(=O)[C@H](C)NC(=O)[C@@H](CC(=O)CN4C(=O)C(N5C(=O)C=CC5=O)C[C@H]4COCCS(=O)(=O)O)C(C)C)cc1CC[C@@H]1O[C@H](C(=O)O)[C@@H](O)[C@H](O)[C@H]1O)(C3)C2. The number of aliphatic hydroxyl groups is 3.